The Bertz CT molecular complexity index is 419. The summed E-state index contributed by atoms with van der Waals surface area (Å²) < 4.78 is 0. The largest absolute Gasteiger partial charge is 0.353 e. The fraction of sp³-hybridized carbons (Fsp3) is 0.769. The van der Waals surface area contributed by atoms with Gasteiger partial charge >= 0.3 is 0 Å². The lowest BCUT2D eigenvalue weighted by Gasteiger charge is -2.32. The van der Waals surface area contributed by atoms with E-state index in [-0.39, 0.29) is 36.2 Å². The Morgan fingerprint density at radius 3 is 2.58 bits per heavy atom. The van der Waals surface area contributed by atoms with Crippen LogP contribution in [0, 0.1) is 5.92 Å². The van der Waals surface area contributed by atoms with Crippen molar-refractivity contribution in [1.82, 2.24) is 15.1 Å². The SMILES string of the molecule is O=C1CN(C(=O)C2CCCN2C(=O)C2CC2)CCN1. The van der Waals surface area contributed by atoms with Gasteiger partial charge in [-0.15, -0.1) is 0 Å². The van der Waals surface area contributed by atoms with E-state index in [1.54, 1.807) is 9.80 Å². The van der Waals surface area contributed by atoms with Crippen LogP contribution in [0.1, 0.15) is 25.7 Å². The third kappa shape index (κ3) is 2.43. The van der Waals surface area contributed by atoms with Crippen molar-refractivity contribution in [3.63, 3.8) is 0 Å². The van der Waals surface area contributed by atoms with Gasteiger partial charge in [-0.25, -0.2) is 0 Å². The zero-order valence-electron chi connectivity index (χ0n) is 10.9. The fourth-order valence-electron chi connectivity index (χ4n) is 2.89. The van der Waals surface area contributed by atoms with Crippen molar-refractivity contribution >= 4 is 17.7 Å². The van der Waals surface area contributed by atoms with Gasteiger partial charge in [0.05, 0.1) is 6.54 Å². The van der Waals surface area contributed by atoms with Crippen LogP contribution in [0.4, 0.5) is 0 Å². The molecule has 0 bridgehead atoms. The molecule has 1 saturated carbocycles. The van der Waals surface area contributed by atoms with Gasteiger partial charge in [-0.1, -0.05) is 0 Å². The van der Waals surface area contributed by atoms with Gasteiger partial charge in [0.25, 0.3) is 0 Å². The van der Waals surface area contributed by atoms with Gasteiger partial charge in [-0.2, -0.15) is 0 Å². The Morgan fingerprint density at radius 1 is 1.11 bits per heavy atom. The maximum atomic E-state index is 12.5. The molecular formula is C13H19N3O3. The lowest BCUT2D eigenvalue weighted by Crippen LogP contribution is -2.55. The fourth-order valence-corrected chi connectivity index (χ4v) is 2.89. The zero-order chi connectivity index (χ0) is 13.4. The van der Waals surface area contributed by atoms with Crippen molar-refractivity contribution in [2.75, 3.05) is 26.2 Å². The van der Waals surface area contributed by atoms with Crippen LogP contribution in [0.15, 0.2) is 0 Å². The van der Waals surface area contributed by atoms with Crippen LogP contribution in [0.25, 0.3) is 0 Å². The average molecular weight is 265 g/mol. The summed E-state index contributed by atoms with van der Waals surface area (Å²) in [6.07, 6.45) is 3.54. The quantitative estimate of drug-likeness (QED) is 0.721. The highest BCUT2D eigenvalue weighted by molar-refractivity contribution is 5.92. The van der Waals surface area contributed by atoms with E-state index in [1.807, 2.05) is 0 Å². The average Bonchev–Trinajstić information content (AvgIpc) is 3.14. The van der Waals surface area contributed by atoms with E-state index in [0.29, 0.717) is 19.6 Å². The second-order valence-electron chi connectivity index (χ2n) is 5.57. The van der Waals surface area contributed by atoms with Crippen molar-refractivity contribution in [1.29, 1.82) is 0 Å². The number of piperazine rings is 1. The monoisotopic (exact) mass is 265 g/mol. The Morgan fingerprint density at radius 2 is 1.89 bits per heavy atom. The van der Waals surface area contributed by atoms with Gasteiger partial charge in [0.1, 0.15) is 6.04 Å². The summed E-state index contributed by atoms with van der Waals surface area (Å²) in [6, 6.07) is -0.334. The molecule has 0 spiro atoms. The lowest BCUT2D eigenvalue weighted by molar-refractivity contribution is -0.146. The van der Waals surface area contributed by atoms with Gasteiger partial charge in [0.2, 0.25) is 17.7 Å². The third-order valence-corrected chi connectivity index (χ3v) is 4.10. The van der Waals surface area contributed by atoms with Crippen LogP contribution < -0.4 is 5.32 Å². The summed E-state index contributed by atoms with van der Waals surface area (Å²) in [7, 11) is 0. The maximum absolute atomic E-state index is 12.5. The zero-order valence-corrected chi connectivity index (χ0v) is 10.9. The van der Waals surface area contributed by atoms with Crippen LogP contribution in [0.5, 0.6) is 0 Å². The van der Waals surface area contributed by atoms with Gasteiger partial charge in [-0.05, 0) is 25.7 Å². The van der Waals surface area contributed by atoms with Crippen molar-refractivity contribution < 1.29 is 14.4 Å². The van der Waals surface area contributed by atoms with Crippen molar-refractivity contribution in [2.24, 2.45) is 5.92 Å². The summed E-state index contributed by atoms with van der Waals surface area (Å²) in [5, 5.41) is 2.71. The van der Waals surface area contributed by atoms with Crippen LogP contribution in [0.3, 0.4) is 0 Å². The molecule has 3 fully saturated rings. The van der Waals surface area contributed by atoms with E-state index in [9.17, 15) is 14.4 Å². The molecule has 3 amide bonds. The topological polar surface area (TPSA) is 69.7 Å². The minimum Gasteiger partial charge on any atom is -0.353 e. The minimum absolute atomic E-state index is 0.0543. The lowest BCUT2D eigenvalue weighted by atomic mass is 10.1. The number of amides is 3. The van der Waals surface area contributed by atoms with Gasteiger partial charge < -0.3 is 15.1 Å². The van der Waals surface area contributed by atoms with Crippen molar-refractivity contribution in [3.05, 3.63) is 0 Å². The maximum Gasteiger partial charge on any atom is 0.245 e. The molecule has 0 aromatic rings. The van der Waals surface area contributed by atoms with Crippen LogP contribution in [-0.2, 0) is 14.4 Å². The van der Waals surface area contributed by atoms with E-state index in [0.717, 1.165) is 25.7 Å². The van der Waals surface area contributed by atoms with Crippen molar-refractivity contribution in [3.8, 4) is 0 Å². The molecule has 19 heavy (non-hydrogen) atoms. The Hall–Kier alpha value is -1.59. The molecule has 3 aliphatic rings. The number of rotatable bonds is 2. The molecule has 6 heteroatoms. The Labute approximate surface area is 112 Å². The molecule has 104 valence electrons. The summed E-state index contributed by atoms with van der Waals surface area (Å²) in [4.78, 5) is 39.3. The molecule has 1 unspecified atom stereocenters. The van der Waals surface area contributed by atoms with E-state index in [1.165, 1.54) is 0 Å². The van der Waals surface area contributed by atoms with Crippen LogP contribution in [-0.4, -0.2) is 59.7 Å². The summed E-state index contributed by atoms with van der Waals surface area (Å²) in [6.45, 7) is 1.87. The molecular weight excluding hydrogens is 246 g/mol. The Kier molecular flexibility index (Phi) is 3.16. The van der Waals surface area contributed by atoms with Gasteiger partial charge in [-0.3, -0.25) is 14.4 Å². The first kappa shape index (κ1) is 12.4. The molecule has 2 saturated heterocycles. The van der Waals surface area contributed by atoms with Gasteiger partial charge in [0.15, 0.2) is 0 Å². The second-order valence-corrected chi connectivity index (χ2v) is 5.57. The number of carbonyl (C=O) groups is 3. The van der Waals surface area contributed by atoms with E-state index >= 15 is 0 Å². The third-order valence-electron chi connectivity index (χ3n) is 4.10. The molecule has 1 aliphatic carbocycles. The second kappa shape index (κ2) is 4.83. The van der Waals surface area contributed by atoms with Crippen LogP contribution in [0.2, 0.25) is 0 Å². The first-order chi connectivity index (χ1) is 9.16. The standard InChI is InChI=1S/C13H19N3O3/c17-11-8-15(7-5-14-11)13(19)10-2-1-6-16(10)12(18)9-3-4-9/h9-10H,1-8H2,(H,14,17). The van der Waals surface area contributed by atoms with Gasteiger partial charge in [0, 0.05) is 25.6 Å². The van der Waals surface area contributed by atoms with E-state index in [4.69, 9.17) is 0 Å². The Balaban J connectivity index is 1.67. The van der Waals surface area contributed by atoms with Crippen LogP contribution >= 0.6 is 0 Å². The van der Waals surface area contributed by atoms with E-state index in [2.05, 4.69) is 5.32 Å². The summed E-state index contributed by atoms with van der Waals surface area (Å²) >= 11 is 0. The highest BCUT2D eigenvalue weighted by atomic mass is 16.2. The molecule has 2 aliphatic heterocycles. The summed E-state index contributed by atoms with van der Waals surface area (Å²) in [5.74, 6) is 0.120. The first-order valence-corrected chi connectivity index (χ1v) is 7.03. The highest BCUT2D eigenvalue weighted by Crippen LogP contribution is 2.34. The summed E-state index contributed by atoms with van der Waals surface area (Å²) in [5.41, 5.74) is 0. The van der Waals surface area contributed by atoms with E-state index < -0.39 is 0 Å². The number of hydrogen-bond donors (Lipinski definition) is 1. The number of likely N-dealkylation sites (tertiary alicyclic amines) is 1. The number of nitrogens with one attached hydrogen (secondary N) is 1. The number of hydrogen-bond acceptors (Lipinski definition) is 3. The predicted octanol–water partition coefficient (Wildman–Crippen LogP) is -0.654. The molecule has 0 radical (unpaired) electrons. The predicted molar refractivity (Wildman–Crippen MR) is 67.0 cm³/mol. The molecule has 0 aromatic carbocycles. The molecule has 0 aromatic heterocycles. The minimum atomic E-state index is -0.334. The van der Waals surface area contributed by atoms with Crippen molar-refractivity contribution in [2.45, 2.75) is 31.7 Å². The highest BCUT2D eigenvalue weighted by Gasteiger charge is 2.42. The first-order valence-electron chi connectivity index (χ1n) is 7.03. The smallest absolute Gasteiger partial charge is 0.245 e. The number of carbonyl (C=O) groups excluding carboxylic acids is 3. The molecule has 6 nitrogen and oxygen atoms in total. The molecule has 1 atom stereocenters. The molecule has 2 heterocycles. The number of nitrogens with zero attached hydrogens (tertiary/aromatic N) is 2. The normalized spacial score (nSPS) is 27.4. The molecule has 3 rings (SSSR count). The molecule has 1 N–H and O–H groups in total.